The maximum absolute atomic E-state index is 13.1. The Kier molecular flexibility index (Phi) is 5.01. The Morgan fingerprint density at radius 2 is 1.76 bits per heavy atom. The molecule has 0 saturated heterocycles. The largest absolute Gasteiger partial charge is 0.504 e. The summed E-state index contributed by atoms with van der Waals surface area (Å²) in [4.78, 5) is 25.4. The van der Waals surface area contributed by atoms with Crippen LogP contribution in [-0.2, 0) is 4.79 Å². The summed E-state index contributed by atoms with van der Waals surface area (Å²) < 4.78 is 21.9. The maximum atomic E-state index is 13.1. The average molecular weight is 444 g/mol. The van der Waals surface area contributed by atoms with Crippen molar-refractivity contribution in [2.45, 2.75) is 12.3 Å². The highest BCUT2D eigenvalue weighted by Crippen LogP contribution is 2.49. The summed E-state index contributed by atoms with van der Waals surface area (Å²) in [6.07, 6.45) is 1.73. The molecule has 1 N–H and O–H groups in total. The first-order valence-electron chi connectivity index (χ1n) is 10.3. The van der Waals surface area contributed by atoms with Crippen molar-refractivity contribution in [3.05, 3.63) is 82.6 Å². The fourth-order valence-corrected chi connectivity index (χ4v) is 4.15. The van der Waals surface area contributed by atoms with Crippen molar-refractivity contribution in [1.82, 2.24) is 0 Å². The number of Topliss-reactive ketones (excluding diaryl/α,β-unsaturated/α-hetero) is 1. The van der Waals surface area contributed by atoms with Crippen molar-refractivity contribution < 1.29 is 33.6 Å². The molecule has 7 nitrogen and oxygen atoms in total. The smallest absolute Gasteiger partial charge is 0.312 e. The van der Waals surface area contributed by atoms with E-state index in [0.29, 0.717) is 28.4 Å². The average Bonchev–Trinajstić information content (AvgIpc) is 3.14. The number of methoxy groups -OCH3 is 2. The fourth-order valence-electron chi connectivity index (χ4n) is 4.15. The standard InChI is InChI=1S/C26H20O7/c1-30-16-6-3-14(4-7-16)11-22-25(29)17-8-10-20-24(26(17)33-22)18(13-23(28)32-20)15-5-9-19(27)21(12-15)31-2/h3-12,18,27H,13H2,1-2H3. The minimum atomic E-state index is -0.432. The Bertz CT molecular complexity index is 1300. The lowest BCUT2D eigenvalue weighted by Crippen LogP contribution is -2.21. The number of carbonyl (C=O) groups excluding carboxylic acids is 2. The second kappa shape index (κ2) is 8.02. The highest BCUT2D eigenvalue weighted by molar-refractivity contribution is 6.15. The summed E-state index contributed by atoms with van der Waals surface area (Å²) in [6, 6.07) is 15.4. The van der Waals surface area contributed by atoms with Crippen LogP contribution in [0, 0.1) is 0 Å². The molecule has 7 heteroatoms. The first kappa shape index (κ1) is 20.6. The Morgan fingerprint density at radius 3 is 2.48 bits per heavy atom. The van der Waals surface area contributed by atoms with E-state index in [1.807, 2.05) is 12.1 Å². The number of allylic oxidation sites excluding steroid dienone is 1. The van der Waals surface area contributed by atoms with E-state index in [4.69, 9.17) is 18.9 Å². The number of ether oxygens (including phenoxy) is 4. The summed E-state index contributed by atoms with van der Waals surface area (Å²) in [5.41, 5.74) is 2.54. The van der Waals surface area contributed by atoms with E-state index in [-0.39, 0.29) is 29.5 Å². The molecule has 0 spiro atoms. The second-order valence-electron chi connectivity index (χ2n) is 7.73. The molecule has 0 amide bonds. The van der Waals surface area contributed by atoms with Crippen LogP contribution in [-0.4, -0.2) is 31.1 Å². The molecule has 5 rings (SSSR count). The highest BCUT2D eigenvalue weighted by atomic mass is 16.5. The second-order valence-corrected chi connectivity index (χ2v) is 7.73. The lowest BCUT2D eigenvalue weighted by atomic mass is 9.84. The van der Waals surface area contributed by atoms with E-state index in [1.54, 1.807) is 49.6 Å². The van der Waals surface area contributed by atoms with Crippen LogP contribution in [0.5, 0.6) is 28.7 Å². The zero-order valence-corrected chi connectivity index (χ0v) is 18.0. The van der Waals surface area contributed by atoms with Crippen LogP contribution < -0.4 is 18.9 Å². The number of esters is 1. The molecule has 0 bridgehead atoms. The third-order valence-electron chi connectivity index (χ3n) is 5.80. The van der Waals surface area contributed by atoms with Gasteiger partial charge < -0.3 is 24.1 Å². The van der Waals surface area contributed by atoms with E-state index in [2.05, 4.69) is 0 Å². The lowest BCUT2D eigenvalue weighted by molar-refractivity contribution is -0.135. The van der Waals surface area contributed by atoms with Crippen LogP contribution in [0.4, 0.5) is 0 Å². The minimum absolute atomic E-state index is 0.00529. The zero-order valence-electron chi connectivity index (χ0n) is 18.0. The number of benzene rings is 3. The van der Waals surface area contributed by atoms with Crippen molar-refractivity contribution in [3.63, 3.8) is 0 Å². The van der Waals surface area contributed by atoms with Gasteiger partial charge in [0.15, 0.2) is 17.3 Å². The number of hydrogen-bond acceptors (Lipinski definition) is 7. The number of phenols is 1. The van der Waals surface area contributed by atoms with Gasteiger partial charge >= 0.3 is 5.97 Å². The maximum Gasteiger partial charge on any atom is 0.312 e. The third kappa shape index (κ3) is 3.57. The van der Waals surface area contributed by atoms with Gasteiger partial charge in [0, 0.05) is 11.5 Å². The molecule has 2 aliphatic rings. The first-order valence-corrected chi connectivity index (χ1v) is 10.3. The molecule has 2 aliphatic heterocycles. The van der Waals surface area contributed by atoms with Gasteiger partial charge in [0.25, 0.3) is 0 Å². The predicted molar refractivity (Wildman–Crippen MR) is 119 cm³/mol. The molecule has 1 unspecified atom stereocenters. The number of fused-ring (bicyclic) bond motifs is 3. The lowest BCUT2D eigenvalue weighted by Gasteiger charge is -2.26. The van der Waals surface area contributed by atoms with Gasteiger partial charge in [-0.15, -0.1) is 0 Å². The third-order valence-corrected chi connectivity index (χ3v) is 5.80. The van der Waals surface area contributed by atoms with Crippen LogP contribution >= 0.6 is 0 Å². The number of ketones is 1. The van der Waals surface area contributed by atoms with E-state index < -0.39 is 11.9 Å². The molecule has 33 heavy (non-hydrogen) atoms. The van der Waals surface area contributed by atoms with Crippen LogP contribution in [0.1, 0.15) is 39.4 Å². The SMILES string of the molecule is COc1ccc(C=C2Oc3c(ccc4c3C(c3ccc(O)c(OC)c3)CC(=O)O4)C2=O)cc1. The summed E-state index contributed by atoms with van der Waals surface area (Å²) in [5.74, 6) is 0.832. The van der Waals surface area contributed by atoms with Crippen LogP contribution in [0.25, 0.3) is 6.08 Å². The summed E-state index contributed by atoms with van der Waals surface area (Å²) in [7, 11) is 3.04. The normalized spacial score (nSPS) is 17.8. The van der Waals surface area contributed by atoms with Gasteiger partial charge in [-0.05, 0) is 53.6 Å². The van der Waals surface area contributed by atoms with E-state index >= 15 is 0 Å². The number of aromatic hydroxyl groups is 1. The fraction of sp³-hybridized carbons (Fsp3) is 0.154. The van der Waals surface area contributed by atoms with Gasteiger partial charge in [-0.25, -0.2) is 0 Å². The molecule has 2 heterocycles. The summed E-state index contributed by atoms with van der Waals surface area (Å²) in [6.45, 7) is 0. The molecule has 0 aliphatic carbocycles. The minimum Gasteiger partial charge on any atom is -0.504 e. The van der Waals surface area contributed by atoms with Gasteiger partial charge in [0.05, 0.1) is 26.2 Å². The quantitative estimate of drug-likeness (QED) is 0.361. The van der Waals surface area contributed by atoms with Crippen molar-refractivity contribution in [2.75, 3.05) is 14.2 Å². The molecule has 166 valence electrons. The van der Waals surface area contributed by atoms with E-state index in [1.165, 1.54) is 13.2 Å². The Balaban J connectivity index is 1.58. The summed E-state index contributed by atoms with van der Waals surface area (Å²) >= 11 is 0. The molecule has 1 atom stereocenters. The summed E-state index contributed by atoms with van der Waals surface area (Å²) in [5, 5.41) is 9.98. The Hall–Kier alpha value is -4.26. The van der Waals surface area contributed by atoms with Gasteiger partial charge in [0.2, 0.25) is 5.78 Å². The molecule has 0 aromatic heterocycles. The van der Waals surface area contributed by atoms with Crippen molar-refractivity contribution in [1.29, 1.82) is 0 Å². The van der Waals surface area contributed by atoms with Gasteiger partial charge in [-0.1, -0.05) is 18.2 Å². The number of carbonyl (C=O) groups is 2. The van der Waals surface area contributed by atoms with E-state index in [9.17, 15) is 14.7 Å². The number of rotatable bonds is 4. The zero-order chi connectivity index (χ0) is 23.1. The molecule has 0 radical (unpaired) electrons. The van der Waals surface area contributed by atoms with Gasteiger partial charge in [0.1, 0.15) is 17.2 Å². The molecular weight excluding hydrogens is 424 g/mol. The van der Waals surface area contributed by atoms with Crippen molar-refractivity contribution >= 4 is 17.8 Å². The first-order chi connectivity index (χ1) is 16.0. The number of phenolic OH excluding ortho intramolecular Hbond substituents is 1. The van der Waals surface area contributed by atoms with Gasteiger partial charge in [-0.2, -0.15) is 0 Å². The highest BCUT2D eigenvalue weighted by Gasteiger charge is 2.38. The Labute approximate surface area is 189 Å². The van der Waals surface area contributed by atoms with Crippen LogP contribution in [0.2, 0.25) is 0 Å². The predicted octanol–water partition coefficient (Wildman–Crippen LogP) is 4.47. The van der Waals surface area contributed by atoms with Crippen molar-refractivity contribution in [3.8, 4) is 28.7 Å². The van der Waals surface area contributed by atoms with Crippen molar-refractivity contribution in [2.24, 2.45) is 0 Å². The molecule has 3 aromatic rings. The monoisotopic (exact) mass is 444 g/mol. The molecular formula is C26H20O7. The molecule has 0 saturated carbocycles. The van der Waals surface area contributed by atoms with Crippen LogP contribution in [0.3, 0.4) is 0 Å². The molecule has 3 aromatic carbocycles. The Morgan fingerprint density at radius 1 is 0.970 bits per heavy atom. The molecule has 0 fully saturated rings. The van der Waals surface area contributed by atoms with E-state index in [0.717, 1.165) is 11.1 Å². The number of hydrogen-bond donors (Lipinski definition) is 1. The van der Waals surface area contributed by atoms with Gasteiger partial charge in [-0.3, -0.25) is 9.59 Å². The topological polar surface area (TPSA) is 91.3 Å². The van der Waals surface area contributed by atoms with Crippen LogP contribution in [0.15, 0.2) is 60.4 Å².